The van der Waals surface area contributed by atoms with E-state index in [1.807, 2.05) is 27.0 Å². The average molecular weight is 363 g/mol. The number of nitrogens with one attached hydrogen (secondary N) is 1. The molecule has 3 rings (SSSR count). The van der Waals surface area contributed by atoms with Crippen molar-refractivity contribution in [3.8, 4) is 0 Å². The van der Waals surface area contributed by atoms with Gasteiger partial charge in [-0.1, -0.05) is 0 Å². The third-order valence-corrected chi connectivity index (χ3v) is 4.41. The van der Waals surface area contributed by atoms with Gasteiger partial charge in [-0.15, -0.1) is 0 Å². The molecule has 142 valence electrons. The Morgan fingerprint density at radius 1 is 1.23 bits per heavy atom. The van der Waals surface area contributed by atoms with Crippen LogP contribution in [-0.4, -0.2) is 64.4 Å². The molecule has 1 N–H and O–H groups in total. The number of anilines is 1. The van der Waals surface area contributed by atoms with E-state index >= 15 is 0 Å². The second-order valence-corrected chi connectivity index (χ2v) is 7.60. The number of amides is 3. The Labute approximate surface area is 152 Å². The molecule has 0 saturated carbocycles. The quantitative estimate of drug-likeness (QED) is 0.785. The third-order valence-electron chi connectivity index (χ3n) is 4.41. The van der Waals surface area contributed by atoms with Crippen molar-refractivity contribution in [1.29, 1.82) is 0 Å². The molecule has 1 aromatic rings. The van der Waals surface area contributed by atoms with Gasteiger partial charge in [0.1, 0.15) is 11.6 Å². The highest BCUT2D eigenvalue weighted by Crippen LogP contribution is 2.22. The maximum absolute atomic E-state index is 12.1. The van der Waals surface area contributed by atoms with E-state index in [4.69, 9.17) is 4.74 Å². The Bertz CT molecular complexity index is 700. The minimum absolute atomic E-state index is 0.239. The first-order valence-corrected chi connectivity index (χ1v) is 8.84. The highest BCUT2D eigenvalue weighted by molar-refractivity contribution is 5.99. The number of nitrogens with zero attached hydrogens (tertiary/aromatic N) is 4. The summed E-state index contributed by atoms with van der Waals surface area (Å²) in [5.41, 5.74) is 0.399. The van der Waals surface area contributed by atoms with Crippen LogP contribution in [0.3, 0.4) is 0 Å². The fourth-order valence-electron chi connectivity index (χ4n) is 3.07. The fourth-order valence-corrected chi connectivity index (χ4v) is 3.07. The zero-order valence-electron chi connectivity index (χ0n) is 15.4. The minimum atomic E-state index is -0.503. The van der Waals surface area contributed by atoms with E-state index in [0.717, 1.165) is 5.69 Å². The summed E-state index contributed by atoms with van der Waals surface area (Å²) >= 11 is 0. The van der Waals surface area contributed by atoms with Crippen molar-refractivity contribution in [2.24, 2.45) is 0 Å². The van der Waals surface area contributed by atoms with Crippen molar-refractivity contribution in [2.75, 3.05) is 31.1 Å². The van der Waals surface area contributed by atoms with Crippen LogP contribution in [0.5, 0.6) is 0 Å². The molecular weight excluding hydrogens is 338 g/mol. The number of hydrogen-bond acceptors (Lipinski definition) is 6. The summed E-state index contributed by atoms with van der Waals surface area (Å²) in [5, 5.41) is 6.63. The number of carbonyl (C=O) groups excluding carboxylic acids is 3. The van der Waals surface area contributed by atoms with E-state index < -0.39 is 11.6 Å². The molecule has 2 fully saturated rings. The molecule has 0 aromatic carbocycles. The molecule has 26 heavy (non-hydrogen) atoms. The molecule has 1 atom stereocenters. The molecule has 9 nitrogen and oxygen atoms in total. The number of ether oxygens (including phenoxy) is 1. The highest BCUT2D eigenvalue weighted by Gasteiger charge is 2.30. The number of carbonyl (C=O) groups is 3. The predicted molar refractivity (Wildman–Crippen MR) is 93.7 cm³/mol. The number of hydrogen-bond donors (Lipinski definition) is 1. The first-order valence-electron chi connectivity index (χ1n) is 8.84. The van der Waals surface area contributed by atoms with Crippen LogP contribution in [0.2, 0.25) is 0 Å². The van der Waals surface area contributed by atoms with Crippen molar-refractivity contribution in [3.63, 3.8) is 0 Å². The summed E-state index contributed by atoms with van der Waals surface area (Å²) in [6.45, 7) is 8.02. The first-order chi connectivity index (χ1) is 12.2. The van der Waals surface area contributed by atoms with Crippen molar-refractivity contribution in [1.82, 2.24) is 20.0 Å². The van der Waals surface area contributed by atoms with Gasteiger partial charge in [0.2, 0.25) is 5.91 Å². The topological polar surface area (TPSA) is 96.8 Å². The van der Waals surface area contributed by atoms with Crippen LogP contribution >= 0.6 is 0 Å². The molecule has 0 spiro atoms. The largest absolute Gasteiger partial charge is 0.444 e. The lowest BCUT2D eigenvalue weighted by molar-refractivity contribution is -0.135. The van der Waals surface area contributed by atoms with Crippen molar-refractivity contribution in [2.45, 2.75) is 45.3 Å². The van der Waals surface area contributed by atoms with E-state index in [1.54, 1.807) is 15.8 Å². The van der Waals surface area contributed by atoms with Gasteiger partial charge in [0.15, 0.2) is 0 Å². The molecule has 2 saturated heterocycles. The zero-order chi connectivity index (χ0) is 18.9. The van der Waals surface area contributed by atoms with Gasteiger partial charge >= 0.3 is 6.09 Å². The van der Waals surface area contributed by atoms with Crippen LogP contribution in [0.4, 0.5) is 10.5 Å². The van der Waals surface area contributed by atoms with Gasteiger partial charge in [0, 0.05) is 38.8 Å². The van der Waals surface area contributed by atoms with E-state index in [9.17, 15) is 14.4 Å². The van der Waals surface area contributed by atoms with Gasteiger partial charge in [-0.05, 0) is 27.2 Å². The molecular formula is C17H25N5O4. The normalized spacial score (nSPS) is 21.6. The van der Waals surface area contributed by atoms with E-state index in [-0.39, 0.29) is 17.9 Å². The maximum atomic E-state index is 12.1. The summed E-state index contributed by atoms with van der Waals surface area (Å²) in [4.78, 5) is 39.2. The SMILES string of the molecule is CC(C)(C)OC(=O)N1CCN(c2cnn(C3CCC(=O)NC3=O)c2)CC1. The zero-order valence-corrected chi connectivity index (χ0v) is 15.4. The van der Waals surface area contributed by atoms with Crippen LogP contribution < -0.4 is 10.2 Å². The van der Waals surface area contributed by atoms with Gasteiger partial charge < -0.3 is 14.5 Å². The molecule has 2 aliphatic heterocycles. The second kappa shape index (κ2) is 6.97. The average Bonchev–Trinajstić information content (AvgIpc) is 3.03. The predicted octanol–water partition coefficient (Wildman–Crippen LogP) is 0.918. The van der Waals surface area contributed by atoms with Crippen LogP contribution in [0.25, 0.3) is 0 Å². The molecule has 0 radical (unpaired) electrons. The van der Waals surface area contributed by atoms with Gasteiger partial charge in [-0.25, -0.2) is 4.79 Å². The Kier molecular flexibility index (Phi) is 4.88. The fraction of sp³-hybridized carbons (Fsp3) is 0.647. The highest BCUT2D eigenvalue weighted by atomic mass is 16.6. The molecule has 0 aliphatic carbocycles. The number of aromatic nitrogens is 2. The second-order valence-electron chi connectivity index (χ2n) is 7.60. The van der Waals surface area contributed by atoms with Gasteiger partial charge in [0.05, 0.1) is 11.9 Å². The molecule has 1 unspecified atom stereocenters. The molecule has 1 aromatic heterocycles. The Morgan fingerprint density at radius 2 is 1.92 bits per heavy atom. The van der Waals surface area contributed by atoms with Crippen LogP contribution in [-0.2, 0) is 14.3 Å². The summed E-state index contributed by atoms with van der Waals surface area (Å²) < 4.78 is 7.01. The van der Waals surface area contributed by atoms with E-state index in [2.05, 4.69) is 15.3 Å². The Hall–Kier alpha value is -2.58. The molecule has 3 heterocycles. The lowest BCUT2D eigenvalue weighted by atomic mass is 10.1. The first kappa shape index (κ1) is 18.2. The maximum Gasteiger partial charge on any atom is 0.410 e. The van der Waals surface area contributed by atoms with E-state index in [0.29, 0.717) is 39.0 Å². The number of imide groups is 1. The van der Waals surface area contributed by atoms with Crippen LogP contribution in [0.1, 0.15) is 39.7 Å². The summed E-state index contributed by atoms with van der Waals surface area (Å²) in [6.07, 6.45) is 4.02. The Morgan fingerprint density at radius 3 is 2.54 bits per heavy atom. The number of piperazine rings is 1. The summed E-state index contributed by atoms with van der Waals surface area (Å²) in [7, 11) is 0. The molecule has 0 bridgehead atoms. The van der Waals surface area contributed by atoms with Gasteiger partial charge in [0.25, 0.3) is 5.91 Å². The Balaban J connectivity index is 1.57. The number of rotatable bonds is 2. The molecule has 2 aliphatic rings. The smallest absolute Gasteiger partial charge is 0.410 e. The molecule has 3 amide bonds. The van der Waals surface area contributed by atoms with Crippen molar-refractivity contribution in [3.05, 3.63) is 12.4 Å². The standard InChI is InChI=1S/C17H25N5O4/c1-17(2,3)26-16(25)21-8-6-20(7-9-21)12-10-18-22(11-12)13-4-5-14(23)19-15(13)24/h10-11,13H,4-9H2,1-3H3,(H,19,23,24). The van der Waals surface area contributed by atoms with Crippen molar-refractivity contribution >= 4 is 23.6 Å². The third kappa shape index (κ3) is 4.14. The number of piperidine rings is 1. The van der Waals surface area contributed by atoms with Gasteiger partial charge in [-0.3, -0.25) is 19.6 Å². The lowest BCUT2D eigenvalue weighted by Crippen LogP contribution is -2.50. The van der Waals surface area contributed by atoms with Crippen molar-refractivity contribution < 1.29 is 19.1 Å². The van der Waals surface area contributed by atoms with Gasteiger partial charge in [-0.2, -0.15) is 5.10 Å². The summed E-state index contributed by atoms with van der Waals surface area (Å²) in [5.74, 6) is -0.553. The van der Waals surface area contributed by atoms with E-state index in [1.165, 1.54) is 0 Å². The summed E-state index contributed by atoms with van der Waals surface area (Å²) in [6, 6.07) is -0.454. The van der Waals surface area contributed by atoms with Crippen LogP contribution in [0, 0.1) is 0 Å². The minimum Gasteiger partial charge on any atom is -0.444 e. The van der Waals surface area contributed by atoms with Crippen LogP contribution in [0.15, 0.2) is 12.4 Å². The lowest BCUT2D eigenvalue weighted by Gasteiger charge is -2.36. The monoisotopic (exact) mass is 363 g/mol. The molecule has 9 heteroatoms.